The van der Waals surface area contributed by atoms with Crippen molar-refractivity contribution in [3.05, 3.63) is 71.9 Å². The molecular weight excluding hydrogens is 416 g/mol. The van der Waals surface area contributed by atoms with Gasteiger partial charge in [0.15, 0.2) is 11.4 Å². The second kappa shape index (κ2) is 8.24. The number of carboxylic acid groups (broad SMARTS) is 1. The van der Waals surface area contributed by atoms with Crippen LogP contribution in [0, 0.1) is 0 Å². The van der Waals surface area contributed by atoms with E-state index >= 15 is 0 Å². The van der Waals surface area contributed by atoms with E-state index in [4.69, 9.17) is 14.8 Å². The number of rotatable bonds is 6. The van der Waals surface area contributed by atoms with Gasteiger partial charge in [0, 0.05) is 17.2 Å². The third-order valence-electron chi connectivity index (χ3n) is 6.49. The van der Waals surface area contributed by atoms with Crippen molar-refractivity contribution >= 4 is 11.7 Å². The van der Waals surface area contributed by atoms with E-state index in [1.54, 1.807) is 7.11 Å². The molecule has 33 heavy (non-hydrogen) atoms. The first-order valence-electron chi connectivity index (χ1n) is 11.2. The van der Waals surface area contributed by atoms with Gasteiger partial charge < -0.3 is 15.2 Å². The summed E-state index contributed by atoms with van der Waals surface area (Å²) >= 11 is 0. The molecule has 1 amide bonds. The average molecular weight is 443 g/mol. The van der Waals surface area contributed by atoms with Crippen LogP contribution >= 0.6 is 0 Å². The Labute approximate surface area is 192 Å². The Morgan fingerprint density at radius 3 is 2.42 bits per heavy atom. The molecule has 2 aromatic carbocycles. The Balaban J connectivity index is 1.67. The minimum Gasteiger partial charge on any atom is -0.493 e. The van der Waals surface area contributed by atoms with Gasteiger partial charge in [0.25, 0.3) is 0 Å². The molecule has 2 aromatic heterocycles. The number of carbonyl (C=O) groups is 1. The lowest BCUT2D eigenvalue weighted by Crippen LogP contribution is -2.50. The molecule has 7 heteroatoms. The van der Waals surface area contributed by atoms with E-state index in [9.17, 15) is 9.90 Å². The summed E-state index contributed by atoms with van der Waals surface area (Å²) in [6.45, 7) is 2.06. The fraction of sp³-hybridized carbons (Fsp3) is 0.269. The smallest absolute Gasteiger partial charge is 0.405 e. The summed E-state index contributed by atoms with van der Waals surface area (Å²) < 4.78 is 7.52. The monoisotopic (exact) mass is 442 g/mol. The zero-order valence-electron chi connectivity index (χ0n) is 18.7. The first-order chi connectivity index (χ1) is 16.0. The van der Waals surface area contributed by atoms with Crippen molar-refractivity contribution in [2.75, 3.05) is 7.11 Å². The van der Waals surface area contributed by atoms with Crippen molar-refractivity contribution < 1.29 is 14.6 Å². The number of nitrogens with one attached hydrogen (secondary N) is 1. The van der Waals surface area contributed by atoms with E-state index in [0.717, 1.165) is 59.5 Å². The van der Waals surface area contributed by atoms with Crippen LogP contribution in [0.2, 0.25) is 0 Å². The molecule has 0 unspecified atom stereocenters. The number of methoxy groups -OCH3 is 1. The zero-order chi connectivity index (χ0) is 23.0. The molecule has 0 atom stereocenters. The first kappa shape index (κ1) is 21.0. The largest absolute Gasteiger partial charge is 0.493 e. The van der Waals surface area contributed by atoms with Crippen molar-refractivity contribution in [1.29, 1.82) is 0 Å². The molecule has 1 aliphatic carbocycles. The molecular formula is C26H26N4O3. The number of nitrogens with zero attached hydrogens (tertiary/aromatic N) is 3. The summed E-state index contributed by atoms with van der Waals surface area (Å²) in [4.78, 5) is 16.3. The summed E-state index contributed by atoms with van der Waals surface area (Å²) in [5.74, 6) is 0.681. The molecule has 1 saturated carbocycles. The van der Waals surface area contributed by atoms with Crippen molar-refractivity contribution in [2.45, 2.75) is 38.1 Å². The molecule has 5 rings (SSSR count). The minimum atomic E-state index is -0.990. The van der Waals surface area contributed by atoms with Gasteiger partial charge in [-0.2, -0.15) is 5.10 Å². The molecule has 4 aromatic rings. The number of hydrogen-bond acceptors (Lipinski definition) is 4. The van der Waals surface area contributed by atoms with Crippen LogP contribution in [0.4, 0.5) is 4.79 Å². The summed E-state index contributed by atoms with van der Waals surface area (Å²) in [5, 5.41) is 16.9. The fourth-order valence-corrected chi connectivity index (χ4v) is 4.59. The minimum absolute atomic E-state index is 0.494. The number of ether oxygens (including phenoxy) is 1. The molecule has 1 fully saturated rings. The SMILES string of the molecule is CCc1cc(OC)c2nc(-c3ccc(C4(NC(=O)O)CCC4)cc3)c(-c3ccccc3)n2n1. The van der Waals surface area contributed by atoms with Gasteiger partial charge in [0.2, 0.25) is 0 Å². The van der Waals surface area contributed by atoms with Gasteiger partial charge in [0.05, 0.1) is 24.0 Å². The van der Waals surface area contributed by atoms with Gasteiger partial charge in [-0.1, -0.05) is 61.5 Å². The van der Waals surface area contributed by atoms with Crippen LogP contribution in [0.1, 0.15) is 37.4 Å². The number of fused-ring (bicyclic) bond motifs is 1. The molecule has 1 aliphatic rings. The van der Waals surface area contributed by atoms with Gasteiger partial charge in [-0.15, -0.1) is 0 Å². The highest BCUT2D eigenvalue weighted by Gasteiger charge is 2.40. The molecule has 0 bridgehead atoms. The molecule has 168 valence electrons. The summed E-state index contributed by atoms with van der Waals surface area (Å²) in [5.41, 5.74) is 5.72. The number of aryl methyl sites for hydroxylation is 1. The van der Waals surface area contributed by atoms with E-state index in [0.29, 0.717) is 11.4 Å². The maximum atomic E-state index is 11.3. The number of amides is 1. The van der Waals surface area contributed by atoms with E-state index in [1.807, 2.05) is 65.2 Å². The highest BCUT2D eigenvalue weighted by molar-refractivity contribution is 5.83. The lowest BCUT2D eigenvalue weighted by molar-refractivity contribution is 0.144. The number of aromatic nitrogens is 3. The van der Waals surface area contributed by atoms with Crippen molar-refractivity contribution in [2.24, 2.45) is 0 Å². The maximum absolute atomic E-state index is 11.3. The van der Waals surface area contributed by atoms with Crippen molar-refractivity contribution in [3.8, 4) is 28.3 Å². The fourth-order valence-electron chi connectivity index (χ4n) is 4.59. The maximum Gasteiger partial charge on any atom is 0.405 e. The third kappa shape index (κ3) is 3.59. The molecule has 2 heterocycles. The Bertz CT molecular complexity index is 1310. The second-order valence-corrected chi connectivity index (χ2v) is 8.41. The molecule has 0 saturated heterocycles. The van der Waals surface area contributed by atoms with Crippen LogP contribution in [0.3, 0.4) is 0 Å². The van der Waals surface area contributed by atoms with Gasteiger partial charge in [0.1, 0.15) is 5.69 Å². The Kier molecular flexibility index (Phi) is 5.24. The molecule has 2 N–H and O–H groups in total. The number of hydrogen-bond donors (Lipinski definition) is 2. The van der Waals surface area contributed by atoms with Crippen molar-refractivity contribution in [1.82, 2.24) is 19.9 Å². The van der Waals surface area contributed by atoms with Gasteiger partial charge in [-0.05, 0) is 31.2 Å². The molecule has 0 radical (unpaired) electrons. The lowest BCUT2D eigenvalue weighted by Gasteiger charge is -2.42. The zero-order valence-corrected chi connectivity index (χ0v) is 18.7. The van der Waals surface area contributed by atoms with E-state index < -0.39 is 11.6 Å². The highest BCUT2D eigenvalue weighted by Crippen LogP contribution is 2.42. The number of imidazole rings is 1. The Morgan fingerprint density at radius 1 is 1.12 bits per heavy atom. The van der Waals surface area contributed by atoms with Crippen LogP contribution in [-0.4, -0.2) is 32.9 Å². The molecule has 0 spiro atoms. The first-order valence-corrected chi connectivity index (χ1v) is 11.2. The van der Waals surface area contributed by atoms with E-state index in [2.05, 4.69) is 12.2 Å². The predicted octanol–water partition coefficient (Wildman–Crippen LogP) is 5.28. The Morgan fingerprint density at radius 2 is 1.85 bits per heavy atom. The third-order valence-corrected chi connectivity index (χ3v) is 6.49. The van der Waals surface area contributed by atoms with E-state index in [-0.39, 0.29) is 0 Å². The predicted molar refractivity (Wildman–Crippen MR) is 126 cm³/mol. The summed E-state index contributed by atoms with van der Waals surface area (Å²) in [6, 6.07) is 20.1. The summed E-state index contributed by atoms with van der Waals surface area (Å²) in [6.07, 6.45) is 2.42. The van der Waals surface area contributed by atoms with Crippen LogP contribution in [0.15, 0.2) is 60.7 Å². The van der Waals surface area contributed by atoms with Gasteiger partial charge in [-0.3, -0.25) is 0 Å². The van der Waals surface area contributed by atoms with Gasteiger partial charge >= 0.3 is 6.09 Å². The van der Waals surface area contributed by atoms with Gasteiger partial charge in [-0.25, -0.2) is 14.3 Å². The van der Waals surface area contributed by atoms with Crippen LogP contribution in [0.5, 0.6) is 5.75 Å². The normalized spacial score (nSPS) is 14.6. The summed E-state index contributed by atoms with van der Waals surface area (Å²) in [7, 11) is 1.65. The van der Waals surface area contributed by atoms with Crippen LogP contribution in [-0.2, 0) is 12.0 Å². The highest BCUT2D eigenvalue weighted by atomic mass is 16.5. The number of benzene rings is 2. The van der Waals surface area contributed by atoms with Crippen LogP contribution < -0.4 is 10.1 Å². The second-order valence-electron chi connectivity index (χ2n) is 8.41. The van der Waals surface area contributed by atoms with Crippen LogP contribution in [0.25, 0.3) is 28.2 Å². The molecule has 0 aliphatic heterocycles. The topological polar surface area (TPSA) is 88.8 Å². The Hall–Kier alpha value is -3.87. The lowest BCUT2D eigenvalue weighted by atomic mass is 9.72. The van der Waals surface area contributed by atoms with E-state index in [1.165, 1.54) is 0 Å². The average Bonchev–Trinajstić information content (AvgIpc) is 3.20. The van der Waals surface area contributed by atoms with Crippen molar-refractivity contribution in [3.63, 3.8) is 0 Å². The standard InChI is InChI=1S/C26H26N4O3/c1-3-20-16-21(33-2)24-27-22(23(30(24)29-20)18-8-5-4-6-9-18)17-10-12-19(13-11-17)26(14-7-15-26)28-25(31)32/h4-6,8-13,16,28H,3,7,14-15H2,1-2H3,(H,31,32). The molecule has 7 nitrogen and oxygen atoms in total. The quantitative estimate of drug-likeness (QED) is 0.424.